The van der Waals surface area contributed by atoms with Gasteiger partial charge in [0.15, 0.2) is 17.3 Å². The van der Waals surface area contributed by atoms with Crippen LogP contribution in [0.3, 0.4) is 0 Å². The van der Waals surface area contributed by atoms with E-state index in [0.717, 1.165) is 6.08 Å². The number of hydrogen-bond donors (Lipinski definition) is 1. The summed E-state index contributed by atoms with van der Waals surface area (Å²) in [5, 5.41) is 2.40. The number of halogens is 3. The van der Waals surface area contributed by atoms with Gasteiger partial charge in [0.2, 0.25) is 0 Å². The van der Waals surface area contributed by atoms with Crippen molar-refractivity contribution in [1.29, 1.82) is 0 Å². The second-order valence-electron chi connectivity index (χ2n) is 5.70. The molecule has 0 saturated carbocycles. The summed E-state index contributed by atoms with van der Waals surface area (Å²) in [6.45, 7) is 6.25. The molecule has 140 valence electrons. The highest BCUT2D eigenvalue weighted by atomic mass is 19.3. The number of hydrogen-bond acceptors (Lipinski definition) is 5. The summed E-state index contributed by atoms with van der Waals surface area (Å²) < 4.78 is 48.5. The molecule has 3 rings (SSSR count). The lowest BCUT2D eigenvalue weighted by Crippen LogP contribution is -2.25. The van der Waals surface area contributed by atoms with Crippen LogP contribution >= 0.6 is 0 Å². The van der Waals surface area contributed by atoms with Crippen molar-refractivity contribution in [2.75, 3.05) is 5.32 Å². The molecule has 2 aromatic rings. The van der Waals surface area contributed by atoms with Crippen molar-refractivity contribution < 1.29 is 27.4 Å². The second-order valence-corrected chi connectivity index (χ2v) is 5.70. The van der Waals surface area contributed by atoms with Crippen LogP contribution in [-0.2, 0) is 4.79 Å². The molecule has 1 aliphatic heterocycles. The van der Waals surface area contributed by atoms with Gasteiger partial charge in [-0.2, -0.15) is 0 Å². The zero-order chi connectivity index (χ0) is 19.8. The Labute approximate surface area is 152 Å². The van der Waals surface area contributed by atoms with Gasteiger partial charge in [-0.25, -0.2) is 9.37 Å². The minimum atomic E-state index is -3.71. The topological polar surface area (TPSA) is 73.3 Å². The van der Waals surface area contributed by atoms with E-state index in [1.165, 1.54) is 31.5 Å². The number of benzene rings is 1. The molecular weight excluding hydrogens is 363 g/mol. The summed E-state index contributed by atoms with van der Waals surface area (Å²) in [5.41, 5.74) is 1.35. The first-order chi connectivity index (χ1) is 12.7. The molecule has 1 aromatic heterocycles. The van der Waals surface area contributed by atoms with Gasteiger partial charge < -0.3 is 14.8 Å². The Balaban J connectivity index is 1.83. The molecule has 2 heterocycles. The summed E-state index contributed by atoms with van der Waals surface area (Å²) in [4.78, 5) is 20.1. The highest BCUT2D eigenvalue weighted by Gasteiger charge is 2.43. The number of nitrogens with one attached hydrogen (secondary N) is 1. The maximum Gasteiger partial charge on any atom is 0.586 e. The summed E-state index contributed by atoms with van der Waals surface area (Å²) in [6, 6.07) is 2.79. The van der Waals surface area contributed by atoms with Crippen LogP contribution in [0, 0.1) is 6.92 Å². The number of ether oxygens (including phenoxy) is 2. The standard InChI is InChI=1S/C18H14F3N3O3/c1-4-12(19)10(3)17(25)24-16-8-22-13(7-23-16)11-6-15-14(5-9(11)2)26-18(20,21)27-15/h4-8H,1H2,2-3H3,(H,23,24,25). The molecule has 0 fully saturated rings. The molecule has 27 heavy (non-hydrogen) atoms. The average molecular weight is 377 g/mol. The Hall–Kier alpha value is -3.36. The van der Waals surface area contributed by atoms with E-state index >= 15 is 0 Å². The number of aryl methyl sites for hydroxylation is 1. The van der Waals surface area contributed by atoms with Gasteiger partial charge in [-0.1, -0.05) is 6.58 Å². The minimum Gasteiger partial charge on any atom is -0.395 e. The fourth-order valence-electron chi connectivity index (χ4n) is 2.38. The first kappa shape index (κ1) is 18.4. The van der Waals surface area contributed by atoms with Crippen molar-refractivity contribution >= 4 is 11.7 Å². The smallest absolute Gasteiger partial charge is 0.395 e. The Morgan fingerprint density at radius 1 is 1.22 bits per heavy atom. The number of alkyl halides is 2. The molecule has 9 heteroatoms. The fraction of sp³-hybridized carbons (Fsp3) is 0.167. The summed E-state index contributed by atoms with van der Waals surface area (Å²) in [6.07, 6.45) is -0.166. The number of carbonyl (C=O) groups excluding carboxylic acids is 1. The normalized spacial score (nSPS) is 15.1. The van der Waals surface area contributed by atoms with E-state index in [1.807, 2.05) is 0 Å². The van der Waals surface area contributed by atoms with Gasteiger partial charge in [-0.05, 0) is 37.6 Å². The first-order valence-electron chi connectivity index (χ1n) is 7.73. The van der Waals surface area contributed by atoms with E-state index in [9.17, 15) is 18.0 Å². The summed E-state index contributed by atoms with van der Waals surface area (Å²) in [5.74, 6) is -1.50. The number of aromatic nitrogens is 2. The number of rotatable bonds is 4. The molecule has 1 aliphatic rings. The van der Waals surface area contributed by atoms with Gasteiger partial charge in [-0.3, -0.25) is 9.78 Å². The van der Waals surface area contributed by atoms with Crippen molar-refractivity contribution in [3.8, 4) is 22.8 Å². The van der Waals surface area contributed by atoms with Crippen LogP contribution in [0.4, 0.5) is 19.0 Å². The molecule has 6 nitrogen and oxygen atoms in total. The number of carbonyl (C=O) groups is 1. The zero-order valence-corrected chi connectivity index (χ0v) is 14.3. The SMILES string of the molecule is C=CC(F)=C(C)C(=O)Nc1cnc(-c2cc3c(cc2C)OC(F)(F)O3)cn1. The van der Waals surface area contributed by atoms with E-state index in [0.29, 0.717) is 16.8 Å². The van der Waals surface area contributed by atoms with Gasteiger partial charge in [-0.15, -0.1) is 8.78 Å². The molecule has 0 atom stereocenters. The van der Waals surface area contributed by atoms with Gasteiger partial charge in [0.1, 0.15) is 5.83 Å². The number of fused-ring (bicyclic) bond motifs is 1. The van der Waals surface area contributed by atoms with Crippen LogP contribution in [0.2, 0.25) is 0 Å². The maximum absolute atomic E-state index is 13.4. The highest BCUT2D eigenvalue weighted by molar-refractivity contribution is 6.03. The van der Waals surface area contributed by atoms with E-state index in [1.54, 1.807) is 6.92 Å². The van der Waals surface area contributed by atoms with E-state index in [4.69, 9.17) is 0 Å². The molecular formula is C18H14F3N3O3. The van der Waals surface area contributed by atoms with Crippen molar-refractivity contribution in [2.24, 2.45) is 0 Å². The van der Waals surface area contributed by atoms with Gasteiger partial charge in [0, 0.05) is 11.1 Å². The van der Waals surface area contributed by atoms with Crippen molar-refractivity contribution in [3.05, 3.63) is 54.1 Å². The Morgan fingerprint density at radius 2 is 1.89 bits per heavy atom. The lowest BCUT2D eigenvalue weighted by molar-refractivity contribution is -0.286. The van der Waals surface area contributed by atoms with Gasteiger partial charge in [0.05, 0.1) is 18.1 Å². The van der Waals surface area contributed by atoms with Crippen LogP contribution in [0.5, 0.6) is 11.5 Å². The molecule has 1 aromatic carbocycles. The molecule has 0 bridgehead atoms. The zero-order valence-electron chi connectivity index (χ0n) is 14.3. The molecule has 0 aliphatic carbocycles. The van der Waals surface area contributed by atoms with Crippen LogP contribution < -0.4 is 14.8 Å². The molecule has 0 unspecified atom stereocenters. The quantitative estimate of drug-likeness (QED) is 0.640. The number of nitrogens with zero attached hydrogens (tertiary/aromatic N) is 2. The third-order valence-electron chi connectivity index (χ3n) is 3.80. The molecule has 0 spiro atoms. The predicted molar refractivity (Wildman–Crippen MR) is 91.0 cm³/mol. The van der Waals surface area contributed by atoms with Crippen LogP contribution in [-0.4, -0.2) is 22.2 Å². The van der Waals surface area contributed by atoms with Crippen LogP contribution in [0.1, 0.15) is 12.5 Å². The third-order valence-corrected chi connectivity index (χ3v) is 3.80. The van der Waals surface area contributed by atoms with E-state index in [2.05, 4.69) is 31.3 Å². The third kappa shape index (κ3) is 3.76. The molecule has 0 saturated heterocycles. The van der Waals surface area contributed by atoms with Gasteiger partial charge in [0.25, 0.3) is 5.91 Å². The molecule has 0 radical (unpaired) electrons. The van der Waals surface area contributed by atoms with E-state index < -0.39 is 18.0 Å². The largest absolute Gasteiger partial charge is 0.586 e. The number of anilines is 1. The highest BCUT2D eigenvalue weighted by Crippen LogP contribution is 2.44. The van der Waals surface area contributed by atoms with Crippen LogP contribution in [0.25, 0.3) is 11.3 Å². The second kappa shape index (κ2) is 6.75. The maximum atomic E-state index is 13.4. The average Bonchev–Trinajstić information content (AvgIpc) is 2.93. The summed E-state index contributed by atoms with van der Waals surface area (Å²) in [7, 11) is 0. The lowest BCUT2D eigenvalue weighted by Gasteiger charge is -2.08. The Kier molecular flexibility index (Phi) is 4.61. The lowest BCUT2D eigenvalue weighted by atomic mass is 10.1. The van der Waals surface area contributed by atoms with Crippen molar-refractivity contribution in [1.82, 2.24) is 9.97 Å². The minimum absolute atomic E-state index is 0.0652. The predicted octanol–water partition coefficient (Wildman–Crippen LogP) is 4.14. The number of amides is 1. The molecule has 1 N–H and O–H groups in total. The van der Waals surface area contributed by atoms with Gasteiger partial charge >= 0.3 is 6.29 Å². The monoisotopic (exact) mass is 377 g/mol. The Morgan fingerprint density at radius 3 is 2.48 bits per heavy atom. The summed E-state index contributed by atoms with van der Waals surface area (Å²) >= 11 is 0. The van der Waals surface area contributed by atoms with Crippen molar-refractivity contribution in [3.63, 3.8) is 0 Å². The Bertz CT molecular complexity index is 956. The number of allylic oxidation sites excluding steroid dienone is 2. The fourth-order valence-corrected chi connectivity index (χ4v) is 2.38. The van der Waals surface area contributed by atoms with Crippen LogP contribution in [0.15, 0.2) is 48.6 Å². The first-order valence-corrected chi connectivity index (χ1v) is 7.73. The van der Waals surface area contributed by atoms with Crippen molar-refractivity contribution in [2.45, 2.75) is 20.1 Å². The molecule has 1 amide bonds. The van der Waals surface area contributed by atoms with E-state index in [-0.39, 0.29) is 22.9 Å².